The van der Waals surface area contributed by atoms with Crippen molar-refractivity contribution < 1.29 is 28.7 Å². The highest BCUT2D eigenvalue weighted by molar-refractivity contribution is 5.93. The van der Waals surface area contributed by atoms with E-state index in [1.807, 2.05) is 42.5 Å². The molecular weight excluding hydrogens is 412 g/mol. The summed E-state index contributed by atoms with van der Waals surface area (Å²) in [6.45, 7) is 0.623. The van der Waals surface area contributed by atoms with Gasteiger partial charge in [-0.1, -0.05) is 47.6 Å². The lowest BCUT2D eigenvalue weighted by Crippen LogP contribution is -2.40. The molecule has 1 aliphatic rings. The Kier molecular flexibility index (Phi) is 6.23. The highest BCUT2D eigenvalue weighted by Crippen LogP contribution is 2.31. The lowest BCUT2D eigenvalue weighted by atomic mass is 9.91. The molecular formula is C24H24N2O6. The van der Waals surface area contributed by atoms with Crippen molar-refractivity contribution in [3.05, 3.63) is 71.4 Å². The number of hydrogen-bond acceptors (Lipinski definition) is 6. The average molecular weight is 436 g/mol. The molecule has 2 heterocycles. The number of benzene rings is 2. The highest BCUT2D eigenvalue weighted by atomic mass is 16.5. The van der Waals surface area contributed by atoms with Crippen LogP contribution >= 0.6 is 0 Å². The van der Waals surface area contributed by atoms with Crippen LogP contribution in [0, 0.1) is 0 Å². The molecule has 0 spiro atoms. The first kappa shape index (κ1) is 21.6. The van der Waals surface area contributed by atoms with E-state index >= 15 is 0 Å². The molecule has 4 rings (SSSR count). The molecule has 1 amide bonds. The second-order valence-corrected chi connectivity index (χ2v) is 7.70. The normalized spacial score (nSPS) is 17.8. The Balaban J connectivity index is 1.47. The number of ether oxygens (including phenoxy) is 2. The summed E-state index contributed by atoms with van der Waals surface area (Å²) in [6, 6.07) is 16.4. The van der Waals surface area contributed by atoms with E-state index in [1.54, 1.807) is 19.2 Å². The fraction of sp³-hybridized carbons (Fsp3) is 0.292. The molecule has 1 saturated heterocycles. The zero-order valence-corrected chi connectivity index (χ0v) is 17.7. The number of carbonyl (C=O) groups excluding carboxylic acids is 1. The van der Waals surface area contributed by atoms with Gasteiger partial charge in [-0.15, -0.1) is 0 Å². The average Bonchev–Trinajstić information content (AvgIpc) is 3.49. The molecule has 3 aromatic rings. The summed E-state index contributed by atoms with van der Waals surface area (Å²) >= 11 is 0. The van der Waals surface area contributed by atoms with Gasteiger partial charge in [0, 0.05) is 36.8 Å². The van der Waals surface area contributed by atoms with E-state index in [9.17, 15) is 14.7 Å². The van der Waals surface area contributed by atoms with Crippen molar-refractivity contribution in [2.75, 3.05) is 13.7 Å². The number of methoxy groups -OCH3 is 1. The number of aromatic nitrogens is 1. The number of amides is 1. The summed E-state index contributed by atoms with van der Waals surface area (Å²) in [5, 5.41) is 16.3. The van der Waals surface area contributed by atoms with Crippen LogP contribution in [-0.2, 0) is 22.5 Å². The molecule has 32 heavy (non-hydrogen) atoms. The van der Waals surface area contributed by atoms with Gasteiger partial charge in [0.15, 0.2) is 17.1 Å². The molecule has 8 heteroatoms. The van der Waals surface area contributed by atoms with Crippen LogP contribution in [0.3, 0.4) is 0 Å². The highest BCUT2D eigenvalue weighted by Gasteiger charge is 2.43. The van der Waals surface area contributed by atoms with Crippen molar-refractivity contribution in [2.24, 2.45) is 0 Å². The number of hydrogen-bond donors (Lipinski definition) is 2. The van der Waals surface area contributed by atoms with Crippen LogP contribution in [0.1, 0.15) is 34.5 Å². The molecule has 0 radical (unpaired) electrons. The maximum Gasteiger partial charge on any atom is 0.336 e. The van der Waals surface area contributed by atoms with Gasteiger partial charge >= 0.3 is 5.97 Å². The minimum atomic E-state index is -1.20. The van der Waals surface area contributed by atoms with Crippen molar-refractivity contribution in [2.45, 2.75) is 31.4 Å². The van der Waals surface area contributed by atoms with Crippen LogP contribution < -0.4 is 10.1 Å². The molecule has 1 fully saturated rings. The van der Waals surface area contributed by atoms with E-state index in [1.165, 1.54) is 0 Å². The summed E-state index contributed by atoms with van der Waals surface area (Å²) in [6.07, 6.45) is 1.43. The summed E-state index contributed by atoms with van der Waals surface area (Å²) in [7, 11) is 1.54. The maximum absolute atomic E-state index is 12.6. The second kappa shape index (κ2) is 9.23. The maximum atomic E-state index is 12.6. The van der Waals surface area contributed by atoms with Crippen LogP contribution in [0.4, 0.5) is 0 Å². The van der Waals surface area contributed by atoms with Crippen molar-refractivity contribution in [1.29, 1.82) is 0 Å². The molecule has 166 valence electrons. The fourth-order valence-electron chi connectivity index (χ4n) is 3.88. The fourth-order valence-corrected chi connectivity index (χ4v) is 3.88. The Labute approximate surface area is 185 Å². The Bertz CT molecular complexity index is 1100. The molecule has 1 unspecified atom stereocenters. The summed E-state index contributed by atoms with van der Waals surface area (Å²) in [5.41, 5.74) is 1.32. The smallest absolute Gasteiger partial charge is 0.336 e. The van der Waals surface area contributed by atoms with Gasteiger partial charge in [0.1, 0.15) is 5.75 Å². The zero-order valence-electron chi connectivity index (χ0n) is 17.7. The van der Waals surface area contributed by atoms with Gasteiger partial charge in [-0.3, -0.25) is 4.79 Å². The third-order valence-electron chi connectivity index (χ3n) is 5.57. The number of aliphatic carboxylic acids is 1. The van der Waals surface area contributed by atoms with Crippen LogP contribution in [0.15, 0.2) is 59.1 Å². The lowest BCUT2D eigenvalue weighted by molar-refractivity contribution is -0.159. The Morgan fingerprint density at radius 1 is 1.19 bits per heavy atom. The molecule has 1 atom stereocenters. The van der Waals surface area contributed by atoms with Crippen molar-refractivity contribution in [1.82, 2.24) is 10.5 Å². The van der Waals surface area contributed by atoms with Gasteiger partial charge in [-0.25, -0.2) is 4.79 Å². The SMILES string of the molecule is COc1ccc(CC2(C(=O)O)CCCO2)cc1CNC(=O)c1cc(-c2ccccc2)on1. The van der Waals surface area contributed by atoms with E-state index in [0.29, 0.717) is 31.0 Å². The number of carboxylic acids is 1. The van der Waals surface area contributed by atoms with Gasteiger partial charge in [-0.2, -0.15) is 0 Å². The second-order valence-electron chi connectivity index (χ2n) is 7.70. The molecule has 8 nitrogen and oxygen atoms in total. The first-order valence-electron chi connectivity index (χ1n) is 10.3. The van der Waals surface area contributed by atoms with E-state index in [0.717, 1.165) is 16.7 Å². The third kappa shape index (κ3) is 4.50. The number of nitrogens with zero attached hydrogens (tertiary/aromatic N) is 1. The van der Waals surface area contributed by atoms with Crippen molar-refractivity contribution >= 4 is 11.9 Å². The molecule has 1 aliphatic heterocycles. The van der Waals surface area contributed by atoms with Crippen LogP contribution in [-0.4, -0.2) is 41.5 Å². The Morgan fingerprint density at radius 3 is 2.69 bits per heavy atom. The number of rotatable bonds is 8. The van der Waals surface area contributed by atoms with Gasteiger partial charge in [0.25, 0.3) is 5.91 Å². The third-order valence-corrected chi connectivity index (χ3v) is 5.57. The van der Waals surface area contributed by atoms with Crippen LogP contribution in [0.2, 0.25) is 0 Å². The molecule has 0 bridgehead atoms. The molecule has 2 N–H and O–H groups in total. The van der Waals surface area contributed by atoms with Crippen molar-refractivity contribution in [3.8, 4) is 17.1 Å². The zero-order chi connectivity index (χ0) is 22.6. The van der Waals surface area contributed by atoms with Crippen molar-refractivity contribution in [3.63, 3.8) is 0 Å². The van der Waals surface area contributed by atoms with E-state index in [4.69, 9.17) is 14.0 Å². The lowest BCUT2D eigenvalue weighted by Gasteiger charge is -2.24. The van der Waals surface area contributed by atoms with Gasteiger partial charge < -0.3 is 24.4 Å². The van der Waals surface area contributed by atoms with Gasteiger partial charge in [0.05, 0.1) is 7.11 Å². The minimum absolute atomic E-state index is 0.170. The molecule has 0 saturated carbocycles. The van der Waals surface area contributed by atoms with E-state index in [-0.39, 0.29) is 24.6 Å². The molecule has 0 aliphatic carbocycles. The predicted molar refractivity (Wildman–Crippen MR) is 115 cm³/mol. The first-order chi connectivity index (χ1) is 15.5. The number of carbonyl (C=O) groups is 2. The number of nitrogens with one attached hydrogen (secondary N) is 1. The van der Waals surface area contributed by atoms with Gasteiger partial charge in [-0.05, 0) is 24.5 Å². The largest absolute Gasteiger partial charge is 0.496 e. The Hall–Kier alpha value is -3.65. The summed E-state index contributed by atoms with van der Waals surface area (Å²) in [4.78, 5) is 24.4. The molecule has 2 aromatic carbocycles. The molecule has 1 aromatic heterocycles. The predicted octanol–water partition coefficient (Wildman–Crippen LogP) is 3.46. The van der Waals surface area contributed by atoms with E-state index < -0.39 is 11.6 Å². The van der Waals surface area contributed by atoms with Crippen LogP contribution in [0.5, 0.6) is 5.75 Å². The Morgan fingerprint density at radius 2 is 2.00 bits per heavy atom. The van der Waals surface area contributed by atoms with Crippen LogP contribution in [0.25, 0.3) is 11.3 Å². The first-order valence-corrected chi connectivity index (χ1v) is 10.3. The minimum Gasteiger partial charge on any atom is -0.496 e. The quantitative estimate of drug-likeness (QED) is 0.556. The monoisotopic (exact) mass is 436 g/mol. The summed E-state index contributed by atoms with van der Waals surface area (Å²) in [5.74, 6) is -0.243. The summed E-state index contributed by atoms with van der Waals surface area (Å²) < 4.78 is 16.3. The van der Waals surface area contributed by atoms with E-state index in [2.05, 4.69) is 10.5 Å². The topological polar surface area (TPSA) is 111 Å². The standard InChI is InChI=1S/C24H24N2O6/c1-30-20-9-8-16(14-24(23(28)29)10-5-11-31-24)12-18(20)15-25-22(27)19-13-21(32-26-19)17-6-3-2-4-7-17/h2-4,6-9,12-13H,5,10-11,14-15H2,1H3,(H,25,27)(H,28,29). The number of carboxylic acid groups (broad SMARTS) is 1. The van der Waals surface area contributed by atoms with Gasteiger partial charge in [0.2, 0.25) is 0 Å².